The van der Waals surface area contributed by atoms with E-state index in [1.807, 2.05) is 28.8 Å². The van der Waals surface area contributed by atoms with Gasteiger partial charge in [0.1, 0.15) is 12.9 Å². The van der Waals surface area contributed by atoms with E-state index < -0.39 is 15.1 Å². The van der Waals surface area contributed by atoms with Crippen LogP contribution in [0.2, 0.25) is 0 Å². The number of amides is 1. The highest BCUT2D eigenvalue weighted by atomic mass is 32.2. The summed E-state index contributed by atoms with van der Waals surface area (Å²) >= 11 is 0. The van der Waals surface area contributed by atoms with Crippen LogP contribution in [-0.2, 0) is 28.2 Å². The first-order valence-corrected chi connectivity index (χ1v) is 10.3. The highest BCUT2D eigenvalue weighted by Crippen LogP contribution is 2.23. The highest BCUT2D eigenvalue weighted by molar-refractivity contribution is 7.91. The Hall–Kier alpha value is -2.75. The normalized spacial score (nSPS) is 16.1. The Morgan fingerprint density at radius 3 is 2.63 bits per heavy atom. The minimum atomic E-state index is -3.54. The van der Waals surface area contributed by atoms with Gasteiger partial charge in [-0.2, -0.15) is 0 Å². The van der Waals surface area contributed by atoms with Crippen LogP contribution < -0.4 is 0 Å². The summed E-state index contributed by atoms with van der Waals surface area (Å²) in [6.07, 6.45) is 3.83. The van der Waals surface area contributed by atoms with E-state index in [-0.39, 0.29) is 17.6 Å². The molecule has 0 bridgehead atoms. The molecule has 1 aliphatic heterocycles. The Morgan fingerprint density at radius 2 is 1.93 bits per heavy atom. The first kappa shape index (κ1) is 17.7. The zero-order valence-electron chi connectivity index (χ0n) is 14.9. The van der Waals surface area contributed by atoms with Crippen molar-refractivity contribution in [3.8, 4) is 0 Å². The van der Waals surface area contributed by atoms with Gasteiger partial charge in [0.05, 0.1) is 22.6 Å². The molecule has 3 aromatic rings. The van der Waals surface area contributed by atoms with Gasteiger partial charge in [-0.1, -0.05) is 12.1 Å². The number of benzene rings is 1. The quantitative estimate of drug-likeness (QED) is 0.649. The van der Waals surface area contributed by atoms with Gasteiger partial charge in [-0.3, -0.25) is 4.79 Å². The molecule has 0 atom stereocenters. The average Bonchev–Trinajstić information content (AvgIpc) is 3.29. The van der Waals surface area contributed by atoms with Crippen LogP contribution in [0.15, 0.2) is 42.1 Å². The molecule has 4 rings (SSSR count). The topological polar surface area (TPSA) is 103 Å². The molecule has 1 amide bonds. The van der Waals surface area contributed by atoms with E-state index in [9.17, 15) is 13.2 Å². The fraction of sp³-hybridized carbons (Fsp3) is 0.412. The lowest BCUT2D eigenvalue weighted by molar-refractivity contribution is -0.132. The molecule has 142 valence electrons. The second-order valence-corrected chi connectivity index (χ2v) is 8.83. The smallest absolute Gasteiger partial charge is 0.249 e. The second kappa shape index (κ2) is 6.76. The zero-order chi connectivity index (χ0) is 19.0. The van der Waals surface area contributed by atoms with E-state index in [1.165, 1.54) is 10.9 Å². The molecule has 2 aromatic heterocycles. The number of hydrogen-bond acceptors (Lipinski definition) is 6. The van der Waals surface area contributed by atoms with Crippen molar-refractivity contribution >= 4 is 26.8 Å². The molecule has 1 fully saturated rings. The summed E-state index contributed by atoms with van der Waals surface area (Å²) in [4.78, 5) is 18.7. The molecule has 0 spiro atoms. The van der Waals surface area contributed by atoms with Crippen molar-refractivity contribution in [1.29, 1.82) is 0 Å². The number of sulfone groups is 1. The van der Waals surface area contributed by atoms with Crippen molar-refractivity contribution in [2.24, 2.45) is 7.05 Å². The molecule has 27 heavy (non-hydrogen) atoms. The first-order chi connectivity index (χ1) is 13.0. The number of nitrogens with zero attached hydrogens (tertiary/aromatic N) is 6. The maximum absolute atomic E-state index is 12.7. The molecule has 1 aliphatic rings. The third-order valence-electron chi connectivity index (χ3n) is 4.99. The van der Waals surface area contributed by atoms with E-state index in [0.717, 1.165) is 11.0 Å². The van der Waals surface area contributed by atoms with Gasteiger partial charge in [-0.05, 0) is 25.0 Å². The van der Waals surface area contributed by atoms with Crippen LogP contribution in [0, 0.1) is 0 Å². The fourth-order valence-corrected chi connectivity index (χ4v) is 5.22. The van der Waals surface area contributed by atoms with Crippen LogP contribution >= 0.6 is 0 Å². The Bertz CT molecular complexity index is 1080. The van der Waals surface area contributed by atoms with Crippen molar-refractivity contribution in [2.45, 2.75) is 29.8 Å². The zero-order valence-corrected chi connectivity index (χ0v) is 15.7. The number of carbonyl (C=O) groups excluding carboxylic acids is 1. The number of likely N-dealkylation sites (tertiary alicyclic amines) is 1. The second-order valence-electron chi connectivity index (χ2n) is 6.71. The SMILES string of the molecule is Cn1cnnc1S(=O)(=O)C1CCN(C(=O)Cn2cnc3ccccc32)CC1. The largest absolute Gasteiger partial charge is 0.341 e. The lowest BCUT2D eigenvalue weighted by atomic mass is 10.1. The summed E-state index contributed by atoms with van der Waals surface area (Å²) in [6, 6.07) is 7.64. The van der Waals surface area contributed by atoms with Gasteiger partial charge < -0.3 is 14.0 Å². The summed E-state index contributed by atoms with van der Waals surface area (Å²) in [5.41, 5.74) is 1.75. The summed E-state index contributed by atoms with van der Waals surface area (Å²) in [6.45, 7) is 1.02. The molecular weight excluding hydrogens is 368 g/mol. The number of carbonyl (C=O) groups is 1. The number of piperidine rings is 1. The Morgan fingerprint density at radius 1 is 1.19 bits per heavy atom. The molecule has 3 heterocycles. The van der Waals surface area contributed by atoms with Crippen LogP contribution in [0.25, 0.3) is 11.0 Å². The monoisotopic (exact) mass is 388 g/mol. The van der Waals surface area contributed by atoms with E-state index in [4.69, 9.17) is 0 Å². The molecule has 0 aliphatic carbocycles. The van der Waals surface area contributed by atoms with Gasteiger partial charge in [0.15, 0.2) is 0 Å². The lowest BCUT2D eigenvalue weighted by Crippen LogP contribution is -2.44. The maximum Gasteiger partial charge on any atom is 0.249 e. The fourth-order valence-electron chi connectivity index (χ4n) is 3.48. The molecular formula is C17H20N6O3S. The third-order valence-corrected chi connectivity index (χ3v) is 7.22. The summed E-state index contributed by atoms with van der Waals surface area (Å²) in [5.74, 6) is -0.0346. The predicted molar refractivity (Wildman–Crippen MR) is 97.5 cm³/mol. The minimum Gasteiger partial charge on any atom is -0.341 e. The Kier molecular flexibility index (Phi) is 4.42. The summed E-state index contributed by atoms with van der Waals surface area (Å²) in [5, 5.41) is 6.82. The van der Waals surface area contributed by atoms with E-state index in [2.05, 4.69) is 15.2 Å². The van der Waals surface area contributed by atoms with Crippen molar-refractivity contribution in [3.05, 3.63) is 36.9 Å². The molecule has 0 radical (unpaired) electrons. The van der Waals surface area contributed by atoms with Crippen molar-refractivity contribution < 1.29 is 13.2 Å². The van der Waals surface area contributed by atoms with E-state index in [1.54, 1.807) is 18.3 Å². The number of aryl methyl sites for hydroxylation is 1. The number of fused-ring (bicyclic) bond motifs is 1. The number of hydrogen-bond donors (Lipinski definition) is 0. The van der Waals surface area contributed by atoms with Gasteiger partial charge in [0.2, 0.25) is 20.9 Å². The van der Waals surface area contributed by atoms with Crippen LogP contribution in [0.1, 0.15) is 12.8 Å². The van der Waals surface area contributed by atoms with Crippen LogP contribution in [0.5, 0.6) is 0 Å². The number of aromatic nitrogens is 5. The molecule has 9 nitrogen and oxygen atoms in total. The third kappa shape index (κ3) is 3.20. The van der Waals surface area contributed by atoms with Crippen molar-refractivity contribution in [1.82, 2.24) is 29.2 Å². The number of para-hydroxylation sites is 2. The maximum atomic E-state index is 12.7. The molecule has 0 N–H and O–H groups in total. The van der Waals surface area contributed by atoms with Crippen LogP contribution in [0.3, 0.4) is 0 Å². The predicted octanol–water partition coefficient (Wildman–Crippen LogP) is 0.630. The van der Waals surface area contributed by atoms with Crippen LogP contribution in [0.4, 0.5) is 0 Å². The number of rotatable bonds is 4. The van der Waals surface area contributed by atoms with E-state index in [0.29, 0.717) is 25.9 Å². The van der Waals surface area contributed by atoms with Crippen molar-refractivity contribution in [3.63, 3.8) is 0 Å². The molecule has 1 saturated heterocycles. The van der Waals surface area contributed by atoms with Crippen molar-refractivity contribution in [2.75, 3.05) is 13.1 Å². The van der Waals surface area contributed by atoms with Gasteiger partial charge in [-0.25, -0.2) is 13.4 Å². The summed E-state index contributed by atoms with van der Waals surface area (Å²) < 4.78 is 28.7. The van der Waals surface area contributed by atoms with Gasteiger partial charge in [-0.15, -0.1) is 10.2 Å². The van der Waals surface area contributed by atoms with Gasteiger partial charge >= 0.3 is 0 Å². The average molecular weight is 388 g/mol. The van der Waals surface area contributed by atoms with Gasteiger partial charge in [0.25, 0.3) is 0 Å². The first-order valence-electron chi connectivity index (χ1n) is 8.72. The Balaban J connectivity index is 1.42. The molecule has 0 saturated carbocycles. The van der Waals surface area contributed by atoms with E-state index >= 15 is 0 Å². The number of imidazole rings is 1. The molecule has 10 heteroatoms. The van der Waals surface area contributed by atoms with Crippen LogP contribution in [-0.4, -0.2) is 61.9 Å². The molecule has 0 unspecified atom stereocenters. The molecule has 1 aromatic carbocycles. The lowest BCUT2D eigenvalue weighted by Gasteiger charge is -2.31. The highest BCUT2D eigenvalue weighted by Gasteiger charge is 2.35. The summed E-state index contributed by atoms with van der Waals surface area (Å²) in [7, 11) is -1.93. The Labute approximate surface area is 156 Å². The van der Waals surface area contributed by atoms with Gasteiger partial charge in [0, 0.05) is 20.1 Å². The minimum absolute atomic E-state index is 0.0165. The standard InChI is InChI=1S/C17H20N6O3S/c1-21-12-19-20-17(21)27(25,26)13-6-8-22(9-7-13)16(24)10-23-11-18-14-4-2-3-5-15(14)23/h2-5,11-13H,6-10H2,1H3.